The lowest BCUT2D eigenvalue weighted by Gasteiger charge is -2.14. The van der Waals surface area contributed by atoms with E-state index in [4.69, 9.17) is 5.26 Å². The van der Waals surface area contributed by atoms with Gasteiger partial charge < -0.3 is 0 Å². The number of alkyl halides is 3. The summed E-state index contributed by atoms with van der Waals surface area (Å²) in [7, 11) is 0. The van der Waals surface area contributed by atoms with Crippen LogP contribution in [0.4, 0.5) is 22.0 Å². The molecule has 0 aromatic heterocycles. The Morgan fingerprint density at radius 3 is 2.47 bits per heavy atom. The second-order valence-electron chi connectivity index (χ2n) is 3.20. The molecular formula is C10H7F5N2. The van der Waals surface area contributed by atoms with Crippen LogP contribution in [-0.2, 0) is 0 Å². The lowest BCUT2D eigenvalue weighted by Crippen LogP contribution is -2.32. The SMILES string of the molecule is N#CC(NCC(F)(F)F)c1cccc(F)c1F. The Bertz CT molecular complexity index is 435. The minimum atomic E-state index is -4.53. The molecule has 1 N–H and O–H groups in total. The molecule has 0 aliphatic rings. The van der Waals surface area contributed by atoms with E-state index in [1.54, 1.807) is 5.32 Å². The van der Waals surface area contributed by atoms with E-state index in [1.165, 1.54) is 6.07 Å². The molecule has 17 heavy (non-hydrogen) atoms. The Balaban J connectivity index is 2.88. The fourth-order valence-electron chi connectivity index (χ4n) is 1.19. The van der Waals surface area contributed by atoms with Crippen LogP contribution in [0.2, 0.25) is 0 Å². The molecule has 0 radical (unpaired) electrons. The van der Waals surface area contributed by atoms with Gasteiger partial charge in [-0.3, -0.25) is 5.32 Å². The van der Waals surface area contributed by atoms with Crippen LogP contribution in [0, 0.1) is 23.0 Å². The molecule has 1 atom stereocenters. The minimum absolute atomic E-state index is 0.447. The molecule has 1 aromatic rings. The van der Waals surface area contributed by atoms with Gasteiger partial charge in [0.25, 0.3) is 0 Å². The van der Waals surface area contributed by atoms with Crippen LogP contribution >= 0.6 is 0 Å². The number of rotatable bonds is 3. The predicted octanol–water partition coefficient (Wildman–Crippen LogP) is 2.68. The largest absolute Gasteiger partial charge is 0.401 e. The summed E-state index contributed by atoms with van der Waals surface area (Å²) in [4.78, 5) is 0. The van der Waals surface area contributed by atoms with Gasteiger partial charge in [0.1, 0.15) is 6.04 Å². The Morgan fingerprint density at radius 1 is 1.29 bits per heavy atom. The second-order valence-corrected chi connectivity index (χ2v) is 3.20. The second kappa shape index (κ2) is 5.10. The highest BCUT2D eigenvalue weighted by Gasteiger charge is 2.29. The summed E-state index contributed by atoms with van der Waals surface area (Å²) in [6.45, 7) is -1.46. The summed E-state index contributed by atoms with van der Waals surface area (Å²) in [5.41, 5.74) is -0.447. The summed E-state index contributed by atoms with van der Waals surface area (Å²) < 4.78 is 61.8. The first-order valence-electron chi connectivity index (χ1n) is 4.49. The fraction of sp³-hybridized carbons (Fsp3) is 0.300. The quantitative estimate of drug-likeness (QED) is 0.837. The van der Waals surface area contributed by atoms with Crippen molar-refractivity contribution < 1.29 is 22.0 Å². The van der Waals surface area contributed by atoms with Crippen LogP contribution in [-0.4, -0.2) is 12.7 Å². The molecule has 1 rings (SSSR count). The molecule has 0 aliphatic heterocycles. The molecule has 2 nitrogen and oxygen atoms in total. The maximum atomic E-state index is 13.2. The molecule has 0 saturated carbocycles. The Kier molecular flexibility index (Phi) is 4.02. The molecule has 0 fully saturated rings. The van der Waals surface area contributed by atoms with Gasteiger partial charge in [-0.05, 0) is 6.07 Å². The number of nitriles is 1. The molecule has 0 aliphatic carbocycles. The molecule has 1 aromatic carbocycles. The van der Waals surface area contributed by atoms with Gasteiger partial charge in [0.05, 0.1) is 12.6 Å². The van der Waals surface area contributed by atoms with Crippen molar-refractivity contribution in [2.75, 3.05) is 6.54 Å². The number of hydrogen-bond acceptors (Lipinski definition) is 2. The highest BCUT2D eigenvalue weighted by atomic mass is 19.4. The zero-order valence-corrected chi connectivity index (χ0v) is 8.35. The third-order valence-corrected chi connectivity index (χ3v) is 1.93. The maximum Gasteiger partial charge on any atom is 0.401 e. The van der Waals surface area contributed by atoms with E-state index < -0.39 is 36.0 Å². The third-order valence-electron chi connectivity index (χ3n) is 1.93. The standard InChI is InChI=1S/C10H7F5N2/c11-7-3-1-2-6(9(7)12)8(4-16)17-5-10(13,14)15/h1-3,8,17H,5H2. The highest BCUT2D eigenvalue weighted by Crippen LogP contribution is 2.20. The first-order chi connectivity index (χ1) is 7.85. The van der Waals surface area contributed by atoms with Crippen molar-refractivity contribution in [2.45, 2.75) is 12.2 Å². The van der Waals surface area contributed by atoms with Gasteiger partial charge in [-0.1, -0.05) is 12.1 Å². The molecule has 0 heterocycles. The van der Waals surface area contributed by atoms with Crippen molar-refractivity contribution in [1.82, 2.24) is 5.32 Å². The molecule has 92 valence electrons. The van der Waals surface area contributed by atoms with E-state index in [-0.39, 0.29) is 0 Å². The van der Waals surface area contributed by atoms with Crippen molar-refractivity contribution in [3.05, 3.63) is 35.4 Å². The summed E-state index contributed by atoms with van der Waals surface area (Å²) in [5.74, 6) is -2.54. The number of halogens is 5. The zero-order chi connectivity index (χ0) is 13.1. The first kappa shape index (κ1) is 13.4. The number of hydrogen-bond donors (Lipinski definition) is 1. The highest BCUT2D eigenvalue weighted by molar-refractivity contribution is 5.26. The summed E-state index contributed by atoms with van der Waals surface area (Å²) in [5, 5.41) is 10.4. The molecular weight excluding hydrogens is 243 g/mol. The van der Waals surface area contributed by atoms with Gasteiger partial charge in [-0.25, -0.2) is 8.78 Å². The Labute approximate surface area is 93.7 Å². The average Bonchev–Trinajstić information content (AvgIpc) is 2.23. The van der Waals surface area contributed by atoms with Crippen molar-refractivity contribution in [1.29, 1.82) is 5.26 Å². The molecule has 0 bridgehead atoms. The van der Waals surface area contributed by atoms with Crippen molar-refractivity contribution in [3.63, 3.8) is 0 Å². The van der Waals surface area contributed by atoms with E-state index in [1.807, 2.05) is 0 Å². The molecule has 0 spiro atoms. The monoisotopic (exact) mass is 250 g/mol. The van der Waals surface area contributed by atoms with Gasteiger partial charge in [0.2, 0.25) is 0 Å². The van der Waals surface area contributed by atoms with E-state index >= 15 is 0 Å². The number of benzene rings is 1. The summed E-state index contributed by atoms with van der Waals surface area (Å²) in [6, 6.07) is 2.88. The number of nitrogens with zero attached hydrogens (tertiary/aromatic N) is 1. The average molecular weight is 250 g/mol. The van der Waals surface area contributed by atoms with E-state index in [0.717, 1.165) is 18.2 Å². The summed E-state index contributed by atoms with van der Waals surface area (Å²) in [6.07, 6.45) is -4.53. The predicted molar refractivity (Wildman–Crippen MR) is 48.8 cm³/mol. The molecule has 0 amide bonds. The third kappa shape index (κ3) is 3.67. The lowest BCUT2D eigenvalue weighted by molar-refractivity contribution is -0.125. The fourth-order valence-corrected chi connectivity index (χ4v) is 1.19. The molecule has 7 heteroatoms. The van der Waals surface area contributed by atoms with Gasteiger partial charge in [0.15, 0.2) is 11.6 Å². The topological polar surface area (TPSA) is 35.8 Å². The summed E-state index contributed by atoms with van der Waals surface area (Å²) >= 11 is 0. The van der Waals surface area contributed by atoms with Crippen LogP contribution in [0.3, 0.4) is 0 Å². The Hall–Kier alpha value is -1.68. The van der Waals surface area contributed by atoms with Crippen LogP contribution in [0.15, 0.2) is 18.2 Å². The molecule has 0 saturated heterocycles. The van der Waals surface area contributed by atoms with Gasteiger partial charge in [0, 0.05) is 5.56 Å². The van der Waals surface area contributed by atoms with Crippen LogP contribution in [0.5, 0.6) is 0 Å². The Morgan fingerprint density at radius 2 is 1.94 bits per heavy atom. The van der Waals surface area contributed by atoms with Gasteiger partial charge >= 0.3 is 6.18 Å². The van der Waals surface area contributed by atoms with E-state index in [9.17, 15) is 22.0 Å². The number of nitrogens with one attached hydrogen (secondary N) is 1. The van der Waals surface area contributed by atoms with Crippen molar-refractivity contribution in [2.24, 2.45) is 0 Å². The first-order valence-corrected chi connectivity index (χ1v) is 4.49. The van der Waals surface area contributed by atoms with Crippen LogP contribution in [0.25, 0.3) is 0 Å². The van der Waals surface area contributed by atoms with Crippen LogP contribution in [0.1, 0.15) is 11.6 Å². The van der Waals surface area contributed by atoms with Gasteiger partial charge in [-0.15, -0.1) is 0 Å². The molecule has 1 unspecified atom stereocenters. The normalized spacial score (nSPS) is 13.2. The smallest absolute Gasteiger partial charge is 0.290 e. The van der Waals surface area contributed by atoms with Crippen molar-refractivity contribution in [3.8, 4) is 6.07 Å². The maximum absolute atomic E-state index is 13.2. The van der Waals surface area contributed by atoms with Crippen LogP contribution < -0.4 is 5.32 Å². The van der Waals surface area contributed by atoms with Gasteiger partial charge in [-0.2, -0.15) is 18.4 Å². The lowest BCUT2D eigenvalue weighted by atomic mass is 10.1. The van der Waals surface area contributed by atoms with Crippen molar-refractivity contribution >= 4 is 0 Å². The van der Waals surface area contributed by atoms with E-state index in [0.29, 0.717) is 0 Å². The minimum Gasteiger partial charge on any atom is -0.290 e. The zero-order valence-electron chi connectivity index (χ0n) is 8.35. The van der Waals surface area contributed by atoms with E-state index in [2.05, 4.69) is 0 Å².